The van der Waals surface area contributed by atoms with E-state index in [0.29, 0.717) is 10.2 Å². The minimum absolute atomic E-state index is 0. The van der Waals surface area contributed by atoms with Gasteiger partial charge in [-0.25, -0.2) is 0 Å². The van der Waals surface area contributed by atoms with Crippen LogP contribution in [0.15, 0.2) is 0 Å². The second kappa shape index (κ2) is 8.87. The minimum atomic E-state index is 0. The Morgan fingerprint density at radius 2 is 1.25 bits per heavy atom. The molecule has 1 radical (unpaired) electrons. The summed E-state index contributed by atoms with van der Waals surface area (Å²) >= 11 is 0. The van der Waals surface area contributed by atoms with Gasteiger partial charge in [-0.1, -0.05) is 0 Å². The molecule has 0 aliphatic rings. The van der Waals surface area contributed by atoms with Crippen LogP contribution in [0.25, 0.3) is 0 Å². The van der Waals surface area contributed by atoms with Gasteiger partial charge in [0.2, 0.25) is 0 Å². The van der Waals surface area contributed by atoms with Crippen molar-refractivity contribution in [3.8, 4) is 0 Å². The molecule has 0 saturated carbocycles. The molecule has 4 heteroatoms. The first-order valence-corrected chi connectivity index (χ1v) is 2.78. The Morgan fingerprint density at radius 1 is 1.25 bits per heavy atom. The van der Waals surface area contributed by atoms with Crippen molar-refractivity contribution in [3.05, 3.63) is 0 Å². The van der Waals surface area contributed by atoms with Crippen LogP contribution in [0.2, 0.25) is 0 Å². The Kier molecular flexibility index (Phi) is 20.7. The number of rotatable bonds is 0. The molecule has 4 heavy (non-hydrogen) atoms. The maximum Gasteiger partial charge on any atom is 0.0523 e. The summed E-state index contributed by atoms with van der Waals surface area (Å²) in [6.45, 7) is 0. The van der Waals surface area contributed by atoms with Gasteiger partial charge >= 0.3 is 0 Å². The molecule has 0 rings (SSSR count). The molecule has 0 aromatic heterocycles. The zero-order chi connectivity index (χ0) is 2.71. The molecule has 0 atom stereocenters. The number of hydrogen-bond donors (Lipinski definition) is 0. The first kappa shape index (κ1) is 9.33. The predicted molar refractivity (Wildman–Crippen MR) is 25.1 cm³/mol. The fourth-order valence-electron chi connectivity index (χ4n) is 0. The van der Waals surface area contributed by atoms with E-state index < -0.39 is 0 Å². The van der Waals surface area contributed by atoms with E-state index in [4.69, 9.17) is 0 Å². The van der Waals surface area contributed by atoms with Crippen molar-refractivity contribution in [1.82, 2.24) is 0 Å². The van der Waals surface area contributed by atoms with Crippen LogP contribution >= 0.6 is 31.6 Å². The fraction of sp³-hybridized carbons (Fsp3) is 0. The topological polar surface area (TPSA) is 0 Å². The van der Waals surface area contributed by atoms with E-state index in [0.717, 1.165) is 0 Å². The van der Waals surface area contributed by atoms with Crippen LogP contribution in [0.3, 0.4) is 0 Å². The Hall–Kier alpha value is 1.93. The summed E-state index contributed by atoms with van der Waals surface area (Å²) in [7, 11) is 10.1. The van der Waals surface area contributed by atoms with Crippen molar-refractivity contribution in [2.75, 3.05) is 0 Å². The molecule has 0 fully saturated rings. The van der Waals surface area contributed by atoms with Gasteiger partial charge in [-0.05, 0) is 21.4 Å². The van der Waals surface area contributed by atoms with E-state index in [9.17, 15) is 0 Å². The number of halogens is 2. The van der Waals surface area contributed by atoms with Crippen LogP contribution in [0.1, 0.15) is 0 Å². The van der Waals surface area contributed by atoms with Gasteiger partial charge in [0.15, 0.2) is 0 Å². The molecule has 0 aliphatic carbocycles. The molecule has 21 valence electrons. The second-order valence-electron chi connectivity index (χ2n) is 0.0583. The molecular formula is Cl2NaS. The molecule has 0 heterocycles. The molecule has 0 nitrogen and oxygen atoms in total. The SMILES string of the molecule is ClSCl.[Na]. The summed E-state index contributed by atoms with van der Waals surface area (Å²) in [5.41, 5.74) is 0. The quantitative estimate of drug-likeness (QED) is 0.444. The third-order valence-corrected chi connectivity index (χ3v) is 0. The Labute approximate surface area is 60.5 Å². The molecule has 0 N–H and O–H groups in total. The molecule has 0 aromatic rings. The van der Waals surface area contributed by atoms with Gasteiger partial charge in [-0.2, -0.15) is 0 Å². The van der Waals surface area contributed by atoms with Crippen LogP contribution in [-0.2, 0) is 0 Å². The maximum atomic E-state index is 4.68. The smallest absolute Gasteiger partial charge is 0.0261 e. The molecule has 0 bridgehead atoms. The second-order valence-corrected chi connectivity index (χ2v) is 1.57. The van der Waals surface area contributed by atoms with Crippen molar-refractivity contribution in [2.45, 2.75) is 0 Å². The fourth-order valence-corrected chi connectivity index (χ4v) is 0. The van der Waals surface area contributed by atoms with Crippen molar-refractivity contribution in [1.29, 1.82) is 0 Å². The van der Waals surface area contributed by atoms with Crippen molar-refractivity contribution in [2.24, 2.45) is 0 Å². The van der Waals surface area contributed by atoms with Crippen LogP contribution in [-0.4, -0.2) is 29.6 Å². The van der Waals surface area contributed by atoms with Crippen molar-refractivity contribution in [3.63, 3.8) is 0 Å². The largest absolute Gasteiger partial charge is 0.0523 e. The van der Waals surface area contributed by atoms with Crippen LogP contribution < -0.4 is 0 Å². The van der Waals surface area contributed by atoms with E-state index in [1.807, 2.05) is 0 Å². The summed E-state index contributed by atoms with van der Waals surface area (Å²) < 4.78 is 0. The normalized spacial score (nSPS) is 4.50. The number of hydrogen-bond acceptors (Lipinski definition) is 1. The average Bonchev–Trinajstić information content (AvgIpc) is 0.918. The van der Waals surface area contributed by atoms with Gasteiger partial charge in [0.05, 0.1) is 10.2 Å². The van der Waals surface area contributed by atoms with Crippen LogP contribution in [0.4, 0.5) is 0 Å². The summed E-state index contributed by atoms with van der Waals surface area (Å²) in [4.78, 5) is 0. The van der Waals surface area contributed by atoms with Crippen LogP contribution in [0, 0.1) is 0 Å². The van der Waals surface area contributed by atoms with Gasteiger partial charge in [0.1, 0.15) is 0 Å². The van der Waals surface area contributed by atoms with E-state index in [-0.39, 0.29) is 29.6 Å². The maximum absolute atomic E-state index is 4.68. The first-order chi connectivity index (χ1) is 1.41. The van der Waals surface area contributed by atoms with E-state index >= 15 is 0 Å². The Bertz CT molecular complexity index is 6.00. The third kappa shape index (κ3) is 9.06. The minimum Gasteiger partial charge on any atom is -0.0261 e. The van der Waals surface area contributed by atoms with Crippen LogP contribution in [0.5, 0.6) is 0 Å². The summed E-state index contributed by atoms with van der Waals surface area (Å²) in [5.74, 6) is 0. The molecule has 0 saturated heterocycles. The molecule has 0 aliphatic heterocycles. The first-order valence-electron chi connectivity index (χ1n) is 0.309. The summed E-state index contributed by atoms with van der Waals surface area (Å²) in [6.07, 6.45) is 0. The Morgan fingerprint density at radius 3 is 1.25 bits per heavy atom. The zero-order valence-corrected chi connectivity index (χ0v) is 6.49. The molecule has 0 aromatic carbocycles. The monoisotopic (exact) mass is 125 g/mol. The summed E-state index contributed by atoms with van der Waals surface area (Å²) in [6, 6.07) is 0. The van der Waals surface area contributed by atoms with Crippen molar-refractivity contribution < 1.29 is 0 Å². The Balaban J connectivity index is 0. The van der Waals surface area contributed by atoms with E-state index in [1.54, 1.807) is 0 Å². The van der Waals surface area contributed by atoms with Gasteiger partial charge in [0, 0.05) is 29.6 Å². The standard InChI is InChI=1S/Cl2S.Na/c1-3-2;. The van der Waals surface area contributed by atoms with Gasteiger partial charge in [-0.3, -0.25) is 0 Å². The van der Waals surface area contributed by atoms with Gasteiger partial charge < -0.3 is 0 Å². The molecule has 0 unspecified atom stereocenters. The average molecular weight is 126 g/mol. The van der Waals surface area contributed by atoms with E-state index in [1.165, 1.54) is 0 Å². The molecule has 0 amide bonds. The van der Waals surface area contributed by atoms with Crippen molar-refractivity contribution >= 4 is 61.1 Å². The third-order valence-electron chi connectivity index (χ3n) is 0. The predicted octanol–water partition coefficient (Wildman–Crippen LogP) is 1.65. The van der Waals surface area contributed by atoms with E-state index in [2.05, 4.69) is 21.4 Å². The molecular weight excluding hydrogens is 126 g/mol. The zero-order valence-electron chi connectivity index (χ0n) is 2.16. The van der Waals surface area contributed by atoms with Gasteiger partial charge in [0.25, 0.3) is 0 Å². The molecule has 0 spiro atoms. The van der Waals surface area contributed by atoms with Gasteiger partial charge in [-0.15, -0.1) is 0 Å². The summed E-state index contributed by atoms with van der Waals surface area (Å²) in [5, 5.41) is 0.